The molecule has 0 aliphatic carbocycles. The molecule has 20 heavy (non-hydrogen) atoms. The van der Waals surface area contributed by atoms with Crippen LogP contribution in [0.15, 0.2) is 30.3 Å². The molecule has 0 saturated carbocycles. The van der Waals surface area contributed by atoms with Gasteiger partial charge in [0.15, 0.2) is 5.82 Å². The minimum atomic E-state index is 0.850. The Bertz CT molecular complexity index is 715. The van der Waals surface area contributed by atoms with Gasteiger partial charge in [0.1, 0.15) is 5.01 Å². The zero-order chi connectivity index (χ0) is 13.8. The second-order valence-electron chi connectivity index (χ2n) is 4.13. The molecule has 0 atom stereocenters. The average Bonchev–Trinajstić information content (AvgIpc) is 3.04. The first-order valence-electron chi connectivity index (χ1n) is 6.39. The van der Waals surface area contributed by atoms with Gasteiger partial charge in [0.2, 0.25) is 4.96 Å². The lowest BCUT2D eigenvalue weighted by atomic mass is 10.2. The third kappa shape index (κ3) is 2.91. The van der Waals surface area contributed by atoms with E-state index in [0.29, 0.717) is 0 Å². The summed E-state index contributed by atoms with van der Waals surface area (Å²) in [4.78, 5) is 0.851. The van der Waals surface area contributed by atoms with Crippen LogP contribution < -0.4 is 0 Å². The van der Waals surface area contributed by atoms with Crippen LogP contribution in [-0.2, 0) is 5.75 Å². The van der Waals surface area contributed by atoms with Gasteiger partial charge in [-0.05, 0) is 17.4 Å². The Labute approximate surface area is 125 Å². The van der Waals surface area contributed by atoms with Crippen LogP contribution in [0.2, 0.25) is 0 Å². The molecule has 0 aliphatic heterocycles. The molecule has 0 aliphatic rings. The first-order valence-corrected chi connectivity index (χ1v) is 8.36. The second-order valence-corrected chi connectivity index (χ2v) is 6.39. The van der Waals surface area contributed by atoms with E-state index in [9.17, 15) is 0 Å². The lowest BCUT2D eigenvalue weighted by molar-refractivity contribution is 0.880. The molecule has 4 nitrogen and oxygen atoms in total. The fourth-order valence-electron chi connectivity index (χ4n) is 1.75. The van der Waals surface area contributed by atoms with E-state index < -0.39 is 0 Å². The molecule has 3 rings (SSSR count). The fraction of sp³-hybridized carbons (Fsp3) is 0.214. The zero-order valence-corrected chi connectivity index (χ0v) is 12.7. The Morgan fingerprint density at radius 2 is 2.05 bits per heavy atom. The maximum absolute atomic E-state index is 4.55. The van der Waals surface area contributed by atoms with Crippen LogP contribution in [-0.4, -0.2) is 25.6 Å². The predicted molar refractivity (Wildman–Crippen MR) is 85.9 cm³/mol. The summed E-state index contributed by atoms with van der Waals surface area (Å²) in [6, 6.07) is 10.2. The lowest BCUT2D eigenvalue weighted by Gasteiger charge is -1.93. The number of fused-ring (bicyclic) bond motifs is 1. The predicted octanol–water partition coefficient (Wildman–Crippen LogP) is 3.61. The highest BCUT2D eigenvalue weighted by Crippen LogP contribution is 2.18. The topological polar surface area (TPSA) is 43.1 Å². The van der Waals surface area contributed by atoms with E-state index in [-0.39, 0.29) is 0 Å². The van der Waals surface area contributed by atoms with E-state index in [1.807, 2.05) is 40.6 Å². The number of nitrogens with zero attached hydrogens (tertiary/aromatic N) is 4. The summed E-state index contributed by atoms with van der Waals surface area (Å²) in [6.07, 6.45) is 4.08. The van der Waals surface area contributed by atoms with Gasteiger partial charge in [-0.25, -0.2) is 0 Å². The summed E-state index contributed by atoms with van der Waals surface area (Å²) in [5, 5.41) is 13.8. The van der Waals surface area contributed by atoms with E-state index in [1.54, 1.807) is 11.3 Å². The summed E-state index contributed by atoms with van der Waals surface area (Å²) in [6.45, 7) is 2.14. The van der Waals surface area contributed by atoms with Gasteiger partial charge in [0.25, 0.3) is 0 Å². The first-order chi connectivity index (χ1) is 9.86. The molecule has 0 unspecified atom stereocenters. The molecule has 0 bridgehead atoms. The molecular weight excluding hydrogens is 288 g/mol. The van der Waals surface area contributed by atoms with Crippen molar-refractivity contribution in [3.05, 3.63) is 46.7 Å². The molecule has 2 aromatic heterocycles. The Balaban J connectivity index is 1.82. The first kappa shape index (κ1) is 13.3. The van der Waals surface area contributed by atoms with Crippen LogP contribution in [0.25, 0.3) is 17.1 Å². The molecule has 102 valence electrons. The van der Waals surface area contributed by atoms with Gasteiger partial charge in [0, 0.05) is 0 Å². The zero-order valence-electron chi connectivity index (χ0n) is 11.1. The van der Waals surface area contributed by atoms with Crippen molar-refractivity contribution in [1.29, 1.82) is 0 Å². The second kappa shape index (κ2) is 6.19. The van der Waals surface area contributed by atoms with Crippen molar-refractivity contribution in [3.63, 3.8) is 0 Å². The lowest BCUT2D eigenvalue weighted by Crippen LogP contribution is -1.93. The minimum absolute atomic E-state index is 0.850. The number of hydrogen-bond acceptors (Lipinski definition) is 5. The largest absolute Gasteiger partial charge is 0.234 e. The maximum Gasteiger partial charge on any atom is 0.234 e. The number of thioether (sulfide) groups is 1. The third-order valence-corrected chi connectivity index (χ3v) is 4.46. The number of rotatable bonds is 5. The monoisotopic (exact) mass is 302 g/mol. The highest BCUT2D eigenvalue weighted by molar-refractivity contribution is 7.98. The van der Waals surface area contributed by atoms with Gasteiger partial charge < -0.3 is 0 Å². The molecule has 3 aromatic rings. The van der Waals surface area contributed by atoms with Crippen molar-refractivity contribution in [3.8, 4) is 0 Å². The Morgan fingerprint density at radius 1 is 1.20 bits per heavy atom. The van der Waals surface area contributed by atoms with Crippen molar-refractivity contribution >= 4 is 40.2 Å². The van der Waals surface area contributed by atoms with Crippen LogP contribution in [0, 0.1) is 0 Å². The van der Waals surface area contributed by atoms with Crippen LogP contribution in [0.4, 0.5) is 0 Å². The van der Waals surface area contributed by atoms with Gasteiger partial charge in [-0.1, -0.05) is 54.7 Å². The van der Waals surface area contributed by atoms with Crippen LogP contribution >= 0.6 is 23.1 Å². The summed E-state index contributed by atoms with van der Waals surface area (Å²) in [5.41, 5.74) is 1.17. The van der Waals surface area contributed by atoms with Crippen LogP contribution in [0.5, 0.6) is 0 Å². The molecule has 1 aromatic carbocycles. The molecular formula is C14H14N4S2. The standard InChI is InChI=1S/C14H14N4S2/c1-2-19-10-12-15-16-14-18(12)17-13(20-14)9-8-11-6-4-3-5-7-11/h3-9H,2,10H2,1H3. The van der Waals surface area contributed by atoms with Crippen LogP contribution in [0.1, 0.15) is 23.3 Å². The smallest absolute Gasteiger partial charge is 0.186 e. The molecule has 0 spiro atoms. The van der Waals surface area contributed by atoms with Crippen molar-refractivity contribution in [2.45, 2.75) is 12.7 Å². The SMILES string of the molecule is CCSCc1nnc2sc(C=Cc3ccccc3)nn12. The van der Waals surface area contributed by atoms with Gasteiger partial charge in [-0.15, -0.1) is 10.2 Å². The Morgan fingerprint density at radius 3 is 2.85 bits per heavy atom. The fourth-order valence-corrected chi connectivity index (χ4v) is 3.08. The van der Waals surface area contributed by atoms with Gasteiger partial charge in [0.05, 0.1) is 5.75 Å². The van der Waals surface area contributed by atoms with Gasteiger partial charge in [-0.2, -0.15) is 21.4 Å². The maximum atomic E-state index is 4.55. The number of aromatic nitrogens is 4. The molecule has 2 heterocycles. The highest BCUT2D eigenvalue weighted by atomic mass is 32.2. The van der Waals surface area contributed by atoms with E-state index in [1.165, 1.54) is 5.56 Å². The van der Waals surface area contributed by atoms with Crippen molar-refractivity contribution < 1.29 is 0 Å². The average molecular weight is 302 g/mol. The summed E-state index contributed by atoms with van der Waals surface area (Å²) in [5.74, 6) is 2.84. The van der Waals surface area contributed by atoms with Gasteiger partial charge >= 0.3 is 0 Å². The summed E-state index contributed by atoms with van der Waals surface area (Å²) in [7, 11) is 0. The summed E-state index contributed by atoms with van der Waals surface area (Å²) >= 11 is 3.38. The Hall–Kier alpha value is -1.66. The molecule has 0 N–H and O–H groups in total. The normalized spacial score (nSPS) is 11.7. The van der Waals surface area contributed by atoms with Crippen LogP contribution in [0.3, 0.4) is 0 Å². The van der Waals surface area contributed by atoms with Gasteiger partial charge in [-0.3, -0.25) is 0 Å². The van der Waals surface area contributed by atoms with E-state index in [2.05, 4.69) is 40.4 Å². The van der Waals surface area contributed by atoms with Crippen molar-refractivity contribution in [1.82, 2.24) is 19.8 Å². The number of benzene rings is 1. The molecule has 0 fully saturated rings. The van der Waals surface area contributed by atoms with E-state index in [0.717, 1.165) is 27.3 Å². The quantitative estimate of drug-likeness (QED) is 0.722. The molecule has 6 heteroatoms. The molecule has 0 saturated heterocycles. The molecule has 0 amide bonds. The molecule has 0 radical (unpaired) electrons. The highest BCUT2D eigenvalue weighted by Gasteiger charge is 2.09. The Kier molecular flexibility index (Phi) is 4.13. The summed E-state index contributed by atoms with van der Waals surface area (Å²) < 4.78 is 1.85. The van der Waals surface area contributed by atoms with Crippen molar-refractivity contribution in [2.24, 2.45) is 0 Å². The van der Waals surface area contributed by atoms with E-state index >= 15 is 0 Å². The number of hydrogen-bond donors (Lipinski definition) is 0. The van der Waals surface area contributed by atoms with Crippen molar-refractivity contribution in [2.75, 3.05) is 5.75 Å². The third-order valence-electron chi connectivity index (χ3n) is 2.72. The van der Waals surface area contributed by atoms with E-state index in [4.69, 9.17) is 0 Å². The minimum Gasteiger partial charge on any atom is -0.186 e.